The average Bonchev–Trinajstić information content (AvgIpc) is 2.89. The Bertz CT molecular complexity index is 1370. The highest BCUT2D eigenvalue weighted by Gasteiger charge is 2.33. The van der Waals surface area contributed by atoms with Crippen LogP contribution in [0.2, 0.25) is 5.02 Å². The zero-order valence-corrected chi connectivity index (χ0v) is 24.1. The fraction of sp³-hybridized carbons (Fsp3) is 0.310. The number of nitrogens with one attached hydrogen (secondary N) is 1. The Balaban J connectivity index is 2.05. The number of amides is 2. The number of nitrogens with zero attached hydrogens (tertiary/aromatic N) is 2. The van der Waals surface area contributed by atoms with Crippen molar-refractivity contribution in [3.8, 4) is 5.75 Å². The maximum atomic E-state index is 14.0. The lowest BCUT2D eigenvalue weighted by molar-refractivity contribution is -0.140. The summed E-state index contributed by atoms with van der Waals surface area (Å²) >= 11 is 6.45. The van der Waals surface area contributed by atoms with Crippen LogP contribution in [0.1, 0.15) is 25.0 Å². The molecule has 8 nitrogen and oxygen atoms in total. The Kier molecular flexibility index (Phi) is 10.4. The number of anilines is 1. The van der Waals surface area contributed by atoms with Gasteiger partial charge in [0, 0.05) is 24.0 Å². The smallest absolute Gasteiger partial charge is 0.244 e. The third-order valence-electron chi connectivity index (χ3n) is 6.04. The van der Waals surface area contributed by atoms with Crippen molar-refractivity contribution in [2.75, 3.05) is 24.2 Å². The third-order valence-corrected chi connectivity index (χ3v) is 7.55. The van der Waals surface area contributed by atoms with Gasteiger partial charge in [-0.2, -0.15) is 0 Å². The second kappa shape index (κ2) is 13.5. The highest BCUT2D eigenvalue weighted by Crippen LogP contribution is 2.24. The fourth-order valence-corrected chi connectivity index (χ4v) is 5.15. The Morgan fingerprint density at radius 1 is 0.949 bits per heavy atom. The second-order valence-electron chi connectivity index (χ2n) is 9.45. The van der Waals surface area contributed by atoms with Crippen LogP contribution in [0.25, 0.3) is 0 Å². The molecular formula is C29H34ClN3O5S. The number of carbonyl (C=O) groups excluding carboxylic acids is 2. The predicted octanol–water partition coefficient (Wildman–Crippen LogP) is 4.28. The van der Waals surface area contributed by atoms with Crippen LogP contribution < -0.4 is 14.4 Å². The molecule has 0 aliphatic carbocycles. The van der Waals surface area contributed by atoms with Crippen molar-refractivity contribution in [1.82, 2.24) is 10.2 Å². The van der Waals surface area contributed by atoms with Gasteiger partial charge in [0.15, 0.2) is 0 Å². The van der Waals surface area contributed by atoms with Gasteiger partial charge in [-0.15, -0.1) is 0 Å². The minimum atomic E-state index is -3.85. The number of hydrogen-bond acceptors (Lipinski definition) is 5. The van der Waals surface area contributed by atoms with Crippen molar-refractivity contribution < 1.29 is 22.7 Å². The van der Waals surface area contributed by atoms with Crippen molar-refractivity contribution in [3.63, 3.8) is 0 Å². The van der Waals surface area contributed by atoms with Gasteiger partial charge in [-0.1, -0.05) is 60.1 Å². The highest BCUT2D eigenvalue weighted by molar-refractivity contribution is 7.92. The van der Waals surface area contributed by atoms with E-state index >= 15 is 0 Å². The molecule has 0 bridgehead atoms. The lowest BCUT2D eigenvalue weighted by atomic mass is 10.0. The molecule has 0 heterocycles. The Morgan fingerprint density at radius 3 is 2.13 bits per heavy atom. The molecule has 1 unspecified atom stereocenters. The van der Waals surface area contributed by atoms with Crippen LogP contribution in [-0.2, 0) is 32.6 Å². The van der Waals surface area contributed by atoms with E-state index in [1.165, 1.54) is 12.0 Å². The number of halogens is 1. The Hall–Kier alpha value is -3.56. The average molecular weight is 572 g/mol. The number of sulfonamides is 1. The molecule has 3 aromatic rings. The molecule has 3 aromatic carbocycles. The molecule has 10 heteroatoms. The molecule has 0 aromatic heterocycles. The number of rotatable bonds is 12. The van der Waals surface area contributed by atoms with Crippen molar-refractivity contribution in [1.29, 1.82) is 0 Å². The number of benzene rings is 3. The Labute approximate surface area is 235 Å². The van der Waals surface area contributed by atoms with Crippen LogP contribution in [0.5, 0.6) is 5.75 Å². The van der Waals surface area contributed by atoms with E-state index < -0.39 is 28.5 Å². The first-order valence-electron chi connectivity index (χ1n) is 12.5. The number of hydrogen-bond donors (Lipinski definition) is 1. The molecule has 0 fully saturated rings. The van der Waals surface area contributed by atoms with Gasteiger partial charge in [-0.05, 0) is 55.3 Å². The van der Waals surface area contributed by atoms with E-state index in [9.17, 15) is 18.0 Å². The molecule has 0 spiro atoms. The van der Waals surface area contributed by atoms with Gasteiger partial charge in [-0.3, -0.25) is 13.9 Å². The summed E-state index contributed by atoms with van der Waals surface area (Å²) in [6.07, 6.45) is 1.27. The summed E-state index contributed by atoms with van der Waals surface area (Å²) in [5.74, 6) is -0.340. The van der Waals surface area contributed by atoms with Gasteiger partial charge in [0.05, 0.1) is 19.1 Å². The minimum Gasteiger partial charge on any atom is -0.497 e. The summed E-state index contributed by atoms with van der Waals surface area (Å²) in [4.78, 5) is 28.9. The molecule has 0 aliphatic heterocycles. The first kappa shape index (κ1) is 30.0. The minimum absolute atomic E-state index is 0.0156. The zero-order valence-electron chi connectivity index (χ0n) is 22.5. The largest absolute Gasteiger partial charge is 0.497 e. The van der Waals surface area contributed by atoms with E-state index in [0.717, 1.165) is 16.1 Å². The van der Waals surface area contributed by atoms with Gasteiger partial charge < -0.3 is 15.0 Å². The molecular weight excluding hydrogens is 538 g/mol. The predicted molar refractivity (Wildman–Crippen MR) is 154 cm³/mol. The summed E-state index contributed by atoms with van der Waals surface area (Å²) in [6.45, 7) is 3.19. The van der Waals surface area contributed by atoms with Crippen LogP contribution in [0.15, 0.2) is 78.9 Å². The van der Waals surface area contributed by atoms with E-state index in [1.54, 1.807) is 48.5 Å². The molecule has 2 amide bonds. The molecule has 0 radical (unpaired) electrons. The SMILES string of the molecule is COc1ccc(N(CC(=O)N(Cc2ccccc2Cl)C(Cc2ccccc2)C(=O)NC(C)C)S(C)(=O)=O)cc1. The molecule has 0 saturated heterocycles. The maximum Gasteiger partial charge on any atom is 0.244 e. The topological polar surface area (TPSA) is 96.0 Å². The molecule has 39 heavy (non-hydrogen) atoms. The van der Waals surface area contributed by atoms with Crippen molar-refractivity contribution in [3.05, 3.63) is 95.0 Å². The lowest BCUT2D eigenvalue weighted by Crippen LogP contribution is -2.54. The first-order chi connectivity index (χ1) is 18.5. The molecule has 1 atom stereocenters. The second-order valence-corrected chi connectivity index (χ2v) is 11.8. The van der Waals surface area contributed by atoms with Gasteiger partial charge in [0.25, 0.3) is 0 Å². The normalized spacial score (nSPS) is 12.1. The molecule has 0 saturated carbocycles. The number of ether oxygens (including phenoxy) is 1. The maximum absolute atomic E-state index is 14.0. The quantitative estimate of drug-likeness (QED) is 0.350. The van der Waals surface area contributed by atoms with E-state index in [-0.39, 0.29) is 24.9 Å². The van der Waals surface area contributed by atoms with E-state index in [1.807, 2.05) is 44.2 Å². The van der Waals surface area contributed by atoms with Crippen molar-refractivity contribution >= 4 is 39.1 Å². The van der Waals surface area contributed by atoms with E-state index in [4.69, 9.17) is 16.3 Å². The summed E-state index contributed by atoms with van der Waals surface area (Å²) in [5, 5.41) is 3.35. The standard InChI is InChI=1S/C29H34ClN3O5S/c1-21(2)31-29(35)27(18-22-10-6-5-7-11-22)32(19-23-12-8-9-13-26(23)30)28(34)20-33(39(4,36)37)24-14-16-25(38-3)17-15-24/h5-17,21,27H,18-20H2,1-4H3,(H,31,35). The van der Waals surface area contributed by atoms with E-state index in [2.05, 4.69) is 5.32 Å². The summed E-state index contributed by atoms with van der Waals surface area (Å²) < 4.78 is 31.8. The summed E-state index contributed by atoms with van der Waals surface area (Å²) in [5.41, 5.74) is 1.79. The third kappa shape index (κ3) is 8.46. The molecule has 1 N–H and O–H groups in total. The number of carbonyl (C=O) groups is 2. The summed E-state index contributed by atoms with van der Waals surface area (Å²) in [6, 6.07) is 21.7. The van der Waals surface area contributed by atoms with Gasteiger partial charge >= 0.3 is 0 Å². The van der Waals surface area contributed by atoms with Crippen LogP contribution in [0.3, 0.4) is 0 Å². The van der Waals surface area contributed by atoms with Crippen LogP contribution >= 0.6 is 11.6 Å². The zero-order chi connectivity index (χ0) is 28.6. The summed E-state index contributed by atoms with van der Waals surface area (Å²) in [7, 11) is -2.34. The van der Waals surface area contributed by atoms with Crippen LogP contribution in [-0.4, -0.2) is 57.1 Å². The fourth-order valence-electron chi connectivity index (χ4n) is 4.11. The van der Waals surface area contributed by atoms with E-state index in [0.29, 0.717) is 22.0 Å². The molecule has 208 valence electrons. The first-order valence-corrected chi connectivity index (χ1v) is 14.7. The Morgan fingerprint density at radius 2 is 1.56 bits per heavy atom. The highest BCUT2D eigenvalue weighted by atomic mass is 35.5. The molecule has 3 rings (SSSR count). The van der Waals surface area contributed by atoms with Crippen molar-refractivity contribution in [2.24, 2.45) is 0 Å². The number of methoxy groups -OCH3 is 1. The van der Waals surface area contributed by atoms with Gasteiger partial charge in [0.1, 0.15) is 18.3 Å². The van der Waals surface area contributed by atoms with Crippen LogP contribution in [0.4, 0.5) is 5.69 Å². The van der Waals surface area contributed by atoms with Gasteiger partial charge in [0.2, 0.25) is 21.8 Å². The van der Waals surface area contributed by atoms with Crippen molar-refractivity contribution in [2.45, 2.75) is 38.9 Å². The lowest BCUT2D eigenvalue weighted by Gasteiger charge is -2.34. The molecule has 0 aliphatic rings. The van der Waals surface area contributed by atoms with Gasteiger partial charge in [-0.25, -0.2) is 8.42 Å². The monoisotopic (exact) mass is 571 g/mol. The van der Waals surface area contributed by atoms with Crippen LogP contribution in [0, 0.1) is 0 Å².